The highest BCUT2D eigenvalue weighted by atomic mass is 16.4. The topological polar surface area (TPSA) is 141 Å². The number of nitrogen functional groups attached to an aromatic ring is 2. The van der Waals surface area contributed by atoms with Gasteiger partial charge in [-0.15, -0.1) is 0 Å². The van der Waals surface area contributed by atoms with Crippen molar-refractivity contribution in [1.29, 1.82) is 0 Å². The van der Waals surface area contributed by atoms with Crippen LogP contribution in [0.5, 0.6) is 0 Å². The molecule has 0 radical (unpaired) electrons. The minimum absolute atomic E-state index is 0.303. The van der Waals surface area contributed by atoms with Crippen LogP contribution in [-0.2, 0) is 9.59 Å². The Morgan fingerprint density at radius 1 is 0.788 bits per heavy atom. The summed E-state index contributed by atoms with van der Waals surface area (Å²) in [5.74, 6) is 3.17. The second kappa shape index (κ2) is 10.5. The van der Waals surface area contributed by atoms with Gasteiger partial charge in [0.1, 0.15) is 5.69 Å². The van der Waals surface area contributed by atoms with Crippen molar-refractivity contribution in [2.75, 3.05) is 11.6 Å². The number of nitrogens with two attached hydrogens (primary N) is 2. The molecule has 8 nitrogen and oxygen atoms in total. The van der Waals surface area contributed by atoms with Crippen LogP contribution in [-0.4, -0.2) is 32.3 Å². The molecule has 0 atom stereocenters. The first kappa shape index (κ1) is 23.0. The van der Waals surface area contributed by atoms with Crippen molar-refractivity contribution in [3.8, 4) is 22.5 Å². The van der Waals surface area contributed by atoms with Crippen LogP contribution in [0.3, 0.4) is 0 Å². The van der Waals surface area contributed by atoms with Gasteiger partial charge in [-0.05, 0) is 0 Å². The second-order valence-electron chi connectivity index (χ2n) is 6.96. The summed E-state index contributed by atoms with van der Waals surface area (Å²) in [6, 6.07) is 27.9. The molecule has 0 aliphatic carbocycles. The number of ketones is 2. The molecule has 0 saturated carbocycles. The molecule has 5 N–H and O–H groups in total. The van der Waals surface area contributed by atoms with Crippen molar-refractivity contribution >= 4 is 23.5 Å². The van der Waals surface area contributed by atoms with E-state index in [1.165, 1.54) is 16.8 Å². The number of Topliss-reactive ketones (excluding diaryl/α,β-unsaturated/α-hetero) is 2. The lowest BCUT2D eigenvalue weighted by atomic mass is 10.1. The largest absolute Gasteiger partial charge is 0.475 e. The number of benzene rings is 3. The molecular formula is C25H22N4O4. The van der Waals surface area contributed by atoms with Gasteiger partial charge in [0.25, 0.3) is 0 Å². The Balaban J connectivity index is 0.000000196. The van der Waals surface area contributed by atoms with Crippen molar-refractivity contribution < 1.29 is 19.5 Å². The van der Waals surface area contributed by atoms with E-state index in [0.29, 0.717) is 11.5 Å². The Hall–Kier alpha value is -4.72. The van der Waals surface area contributed by atoms with Crippen molar-refractivity contribution in [3.05, 3.63) is 96.6 Å². The van der Waals surface area contributed by atoms with E-state index in [-0.39, 0.29) is 0 Å². The number of imidazole rings is 1. The maximum Gasteiger partial charge on any atom is 0.372 e. The number of carbonyl (C=O) groups is 3. The normalized spacial score (nSPS) is 10.1. The predicted molar refractivity (Wildman–Crippen MR) is 126 cm³/mol. The fourth-order valence-corrected chi connectivity index (χ4v) is 3.07. The average molecular weight is 442 g/mol. The summed E-state index contributed by atoms with van der Waals surface area (Å²) >= 11 is 0. The summed E-state index contributed by atoms with van der Waals surface area (Å²) in [4.78, 5) is 36.5. The molecule has 33 heavy (non-hydrogen) atoms. The maximum atomic E-state index is 11.3. The third-order valence-corrected chi connectivity index (χ3v) is 4.69. The molecule has 0 amide bonds. The van der Waals surface area contributed by atoms with Gasteiger partial charge in [-0.1, -0.05) is 91.0 Å². The number of hydrogen-bond donors (Lipinski definition) is 3. The molecule has 0 unspecified atom stereocenters. The van der Waals surface area contributed by atoms with Crippen LogP contribution >= 0.6 is 0 Å². The van der Waals surface area contributed by atoms with Gasteiger partial charge in [-0.2, -0.15) is 0 Å². The van der Waals surface area contributed by atoms with E-state index < -0.39 is 24.0 Å². The molecule has 166 valence electrons. The molecule has 4 rings (SSSR count). The number of aromatic nitrogens is 2. The summed E-state index contributed by atoms with van der Waals surface area (Å²) in [5.41, 5.74) is 9.80. The first-order valence-electron chi connectivity index (χ1n) is 9.97. The van der Waals surface area contributed by atoms with Crippen molar-refractivity contribution in [3.63, 3.8) is 0 Å². The Morgan fingerprint density at radius 3 is 1.79 bits per heavy atom. The highest BCUT2D eigenvalue weighted by Crippen LogP contribution is 2.31. The van der Waals surface area contributed by atoms with Crippen molar-refractivity contribution in [1.82, 2.24) is 9.66 Å². The molecule has 8 heteroatoms. The third-order valence-electron chi connectivity index (χ3n) is 4.69. The second-order valence-corrected chi connectivity index (χ2v) is 6.96. The Morgan fingerprint density at radius 2 is 1.27 bits per heavy atom. The van der Waals surface area contributed by atoms with Crippen LogP contribution in [0.25, 0.3) is 22.5 Å². The van der Waals surface area contributed by atoms with Gasteiger partial charge in [-0.3, -0.25) is 9.59 Å². The van der Waals surface area contributed by atoms with Crippen molar-refractivity contribution in [2.24, 2.45) is 0 Å². The van der Waals surface area contributed by atoms with Gasteiger partial charge >= 0.3 is 5.97 Å². The number of carboxylic acid groups (broad SMARTS) is 1. The summed E-state index contributed by atoms with van der Waals surface area (Å²) < 4.78 is 1.43. The van der Waals surface area contributed by atoms with E-state index in [9.17, 15) is 14.4 Å². The van der Waals surface area contributed by atoms with Crippen molar-refractivity contribution in [2.45, 2.75) is 6.42 Å². The standard InChI is InChI=1S/C15H14N4.C10H8O4/c16-15-18-13(11-7-3-1-4-8-11)14(19(15)17)12-9-5-2-6-10-12;11-8(6-9(12)10(13)14)7-4-2-1-3-5-7/h1-10H,17H2,(H2,16,18);1-5H,6H2,(H,13,14). The van der Waals surface area contributed by atoms with Crippen LogP contribution in [0, 0.1) is 0 Å². The molecule has 0 spiro atoms. The quantitative estimate of drug-likeness (QED) is 0.180. The van der Waals surface area contributed by atoms with E-state index in [1.54, 1.807) is 18.2 Å². The van der Waals surface area contributed by atoms with Gasteiger partial charge in [0.05, 0.1) is 12.1 Å². The van der Waals surface area contributed by atoms with Crippen LogP contribution in [0.4, 0.5) is 5.95 Å². The number of carboxylic acids is 1. The zero-order chi connectivity index (χ0) is 23.8. The Kier molecular flexibility index (Phi) is 7.33. The molecule has 1 aromatic heterocycles. The first-order valence-corrected chi connectivity index (χ1v) is 9.97. The monoisotopic (exact) mass is 442 g/mol. The number of hydrogen-bond acceptors (Lipinski definition) is 6. The van der Waals surface area contributed by atoms with Gasteiger partial charge in [0.15, 0.2) is 5.78 Å². The zero-order valence-electron chi connectivity index (χ0n) is 17.6. The van der Waals surface area contributed by atoms with E-state index in [0.717, 1.165) is 22.5 Å². The van der Waals surface area contributed by atoms with Gasteiger partial charge < -0.3 is 16.7 Å². The number of aliphatic carboxylic acids is 1. The van der Waals surface area contributed by atoms with E-state index >= 15 is 0 Å². The number of nitrogens with zero attached hydrogens (tertiary/aromatic N) is 2. The van der Waals surface area contributed by atoms with E-state index in [2.05, 4.69) is 4.98 Å². The average Bonchev–Trinajstić information content (AvgIpc) is 3.15. The molecule has 4 aromatic rings. The van der Waals surface area contributed by atoms with E-state index in [4.69, 9.17) is 16.7 Å². The SMILES string of the molecule is Nc1nc(-c2ccccc2)c(-c2ccccc2)n1N.O=C(O)C(=O)CC(=O)c1ccccc1. The van der Waals surface area contributed by atoms with E-state index in [1.807, 2.05) is 60.7 Å². The molecule has 0 bridgehead atoms. The summed E-state index contributed by atoms with van der Waals surface area (Å²) in [7, 11) is 0. The lowest BCUT2D eigenvalue weighted by Crippen LogP contribution is -2.17. The number of carbonyl (C=O) groups excluding carboxylic acids is 2. The number of anilines is 1. The lowest BCUT2D eigenvalue weighted by Gasteiger charge is -2.06. The molecule has 0 fully saturated rings. The van der Waals surface area contributed by atoms with Crippen LogP contribution in [0.15, 0.2) is 91.0 Å². The highest BCUT2D eigenvalue weighted by Gasteiger charge is 2.17. The molecule has 1 heterocycles. The fraction of sp³-hybridized carbons (Fsp3) is 0.0400. The molecule has 3 aromatic carbocycles. The third kappa shape index (κ3) is 5.71. The highest BCUT2D eigenvalue weighted by molar-refractivity contribution is 6.37. The van der Waals surface area contributed by atoms with Gasteiger partial charge in [0, 0.05) is 16.7 Å². The van der Waals surface area contributed by atoms with Crippen LogP contribution in [0.1, 0.15) is 16.8 Å². The Bertz CT molecular complexity index is 1250. The zero-order valence-corrected chi connectivity index (χ0v) is 17.6. The molecule has 0 aliphatic rings. The molecule has 0 saturated heterocycles. The molecular weight excluding hydrogens is 420 g/mol. The summed E-state index contributed by atoms with van der Waals surface area (Å²) in [6.07, 6.45) is -0.584. The smallest absolute Gasteiger partial charge is 0.372 e. The Labute approximate surface area is 190 Å². The predicted octanol–water partition coefficient (Wildman–Crippen LogP) is 3.43. The van der Waals surface area contributed by atoms with Gasteiger partial charge in [-0.25, -0.2) is 14.5 Å². The fourth-order valence-electron chi connectivity index (χ4n) is 3.07. The first-order chi connectivity index (χ1) is 15.9. The summed E-state index contributed by atoms with van der Waals surface area (Å²) in [6.45, 7) is 0. The minimum Gasteiger partial charge on any atom is -0.475 e. The maximum absolute atomic E-state index is 11.3. The summed E-state index contributed by atoms with van der Waals surface area (Å²) in [5, 5.41) is 8.28. The minimum atomic E-state index is -1.57. The van der Waals surface area contributed by atoms with Gasteiger partial charge in [0.2, 0.25) is 11.7 Å². The van der Waals surface area contributed by atoms with Crippen LogP contribution < -0.4 is 11.6 Å². The lowest BCUT2D eigenvalue weighted by molar-refractivity contribution is -0.148. The number of rotatable bonds is 6. The molecule has 0 aliphatic heterocycles. The van der Waals surface area contributed by atoms with Crippen LogP contribution in [0.2, 0.25) is 0 Å².